The topological polar surface area (TPSA) is 79.8 Å². The first-order valence-electron chi connectivity index (χ1n) is 9.00. The van der Waals surface area contributed by atoms with Gasteiger partial charge in [-0.3, -0.25) is 0 Å². The Balaban J connectivity index is 1.52. The molecule has 0 aliphatic heterocycles. The molecule has 0 unspecified atom stereocenters. The van der Waals surface area contributed by atoms with E-state index in [-0.39, 0.29) is 5.69 Å². The smallest absolute Gasteiger partial charge is 0.363 e. The lowest BCUT2D eigenvalue weighted by Crippen LogP contribution is -2.24. The van der Waals surface area contributed by atoms with Gasteiger partial charge in [-0.25, -0.2) is 9.48 Å². The first-order chi connectivity index (χ1) is 14.0. The van der Waals surface area contributed by atoms with E-state index in [2.05, 4.69) is 15.5 Å². The number of halogens is 1. The molecule has 9 heteroatoms. The van der Waals surface area contributed by atoms with Crippen LogP contribution in [0.1, 0.15) is 16.7 Å². The third-order valence-electron chi connectivity index (χ3n) is 4.63. The summed E-state index contributed by atoms with van der Waals surface area (Å²) in [4.78, 5) is 12.1. The molecule has 2 aromatic heterocycles. The van der Waals surface area contributed by atoms with Crippen molar-refractivity contribution in [2.24, 2.45) is 7.05 Å². The van der Waals surface area contributed by atoms with Crippen LogP contribution in [0.3, 0.4) is 0 Å². The summed E-state index contributed by atoms with van der Waals surface area (Å²) in [5.74, 6) is 0.505. The Kier molecular flexibility index (Phi) is 5.18. The first-order valence-corrected chi connectivity index (χ1v) is 9.37. The standard InChI is InChI=1S/C20H19ClN6O2/c1-14-4-3-5-15(12-27-20(28)25(2)23-24-27)18(14)13-29-19-10-11-26(22-19)17-8-6-16(21)7-9-17/h3-11H,12-13H2,1-2H3. The number of rotatable bonds is 6. The average Bonchev–Trinajstić information content (AvgIpc) is 3.30. The Hall–Kier alpha value is -3.39. The van der Waals surface area contributed by atoms with Gasteiger partial charge in [0.2, 0.25) is 5.88 Å². The zero-order chi connectivity index (χ0) is 20.4. The molecule has 4 rings (SSSR count). The normalized spacial score (nSPS) is 11.0. The van der Waals surface area contributed by atoms with Crippen LogP contribution >= 0.6 is 11.6 Å². The predicted molar refractivity (Wildman–Crippen MR) is 108 cm³/mol. The van der Waals surface area contributed by atoms with Crippen LogP contribution < -0.4 is 10.4 Å². The van der Waals surface area contributed by atoms with Crippen LogP contribution in [0, 0.1) is 6.92 Å². The lowest BCUT2D eigenvalue weighted by Gasteiger charge is -2.12. The van der Waals surface area contributed by atoms with Gasteiger partial charge in [0.05, 0.1) is 12.2 Å². The van der Waals surface area contributed by atoms with E-state index in [4.69, 9.17) is 16.3 Å². The number of hydrogen-bond donors (Lipinski definition) is 0. The SMILES string of the molecule is Cc1cccc(Cn2nnn(C)c2=O)c1COc1ccn(-c2ccc(Cl)cc2)n1. The molecule has 0 fully saturated rings. The van der Waals surface area contributed by atoms with Gasteiger partial charge < -0.3 is 4.74 Å². The fourth-order valence-electron chi connectivity index (χ4n) is 3.00. The molecule has 0 aliphatic rings. The minimum absolute atomic E-state index is 0.264. The van der Waals surface area contributed by atoms with Crippen molar-refractivity contribution in [2.75, 3.05) is 0 Å². The number of nitrogens with zero attached hydrogens (tertiary/aromatic N) is 6. The van der Waals surface area contributed by atoms with Crippen molar-refractivity contribution in [3.63, 3.8) is 0 Å². The van der Waals surface area contributed by atoms with Crippen LogP contribution in [0.2, 0.25) is 5.02 Å². The summed E-state index contributed by atoms with van der Waals surface area (Å²) in [5, 5.41) is 12.8. The summed E-state index contributed by atoms with van der Waals surface area (Å²) in [7, 11) is 1.57. The van der Waals surface area contributed by atoms with E-state index < -0.39 is 0 Å². The van der Waals surface area contributed by atoms with Gasteiger partial charge in [0.1, 0.15) is 6.61 Å². The molecule has 0 atom stereocenters. The average molecular weight is 411 g/mol. The van der Waals surface area contributed by atoms with Crippen molar-refractivity contribution in [3.05, 3.63) is 86.9 Å². The molecule has 0 aliphatic carbocycles. The molecule has 8 nitrogen and oxygen atoms in total. The molecule has 2 aromatic carbocycles. The van der Waals surface area contributed by atoms with Crippen LogP contribution in [-0.2, 0) is 20.2 Å². The Morgan fingerprint density at radius 2 is 1.86 bits per heavy atom. The molecule has 4 aromatic rings. The molecular weight excluding hydrogens is 392 g/mol. The Morgan fingerprint density at radius 3 is 2.59 bits per heavy atom. The van der Waals surface area contributed by atoms with E-state index in [1.54, 1.807) is 17.8 Å². The molecule has 0 spiro atoms. The van der Waals surface area contributed by atoms with Crippen LogP contribution in [0.5, 0.6) is 5.88 Å². The number of aryl methyl sites for hydroxylation is 2. The highest BCUT2D eigenvalue weighted by molar-refractivity contribution is 6.30. The number of aromatic nitrogens is 6. The Labute approximate surface area is 171 Å². The van der Waals surface area contributed by atoms with Crippen molar-refractivity contribution in [2.45, 2.75) is 20.1 Å². The zero-order valence-corrected chi connectivity index (χ0v) is 16.7. The molecule has 0 radical (unpaired) electrons. The van der Waals surface area contributed by atoms with E-state index in [0.29, 0.717) is 24.1 Å². The van der Waals surface area contributed by atoms with Gasteiger partial charge in [0.15, 0.2) is 0 Å². The highest BCUT2D eigenvalue weighted by Gasteiger charge is 2.12. The van der Waals surface area contributed by atoms with E-state index in [9.17, 15) is 4.79 Å². The molecule has 2 heterocycles. The third kappa shape index (κ3) is 4.07. The van der Waals surface area contributed by atoms with Crippen molar-refractivity contribution >= 4 is 11.6 Å². The van der Waals surface area contributed by atoms with Gasteiger partial charge >= 0.3 is 5.69 Å². The molecule has 0 amide bonds. The monoisotopic (exact) mass is 410 g/mol. The summed E-state index contributed by atoms with van der Waals surface area (Å²) in [6.07, 6.45) is 1.83. The molecule has 0 N–H and O–H groups in total. The molecule has 148 valence electrons. The van der Waals surface area contributed by atoms with Crippen LogP contribution in [0.4, 0.5) is 0 Å². The lowest BCUT2D eigenvalue weighted by molar-refractivity contribution is 0.289. The van der Waals surface area contributed by atoms with Crippen molar-refractivity contribution in [1.82, 2.24) is 29.6 Å². The van der Waals surface area contributed by atoms with Crippen LogP contribution in [0.25, 0.3) is 5.69 Å². The Morgan fingerprint density at radius 1 is 1.07 bits per heavy atom. The van der Waals surface area contributed by atoms with Gasteiger partial charge in [0.25, 0.3) is 0 Å². The van der Waals surface area contributed by atoms with Crippen LogP contribution in [0.15, 0.2) is 59.5 Å². The largest absolute Gasteiger partial charge is 0.472 e. The highest BCUT2D eigenvalue weighted by Crippen LogP contribution is 2.19. The lowest BCUT2D eigenvalue weighted by atomic mass is 10.0. The second-order valence-electron chi connectivity index (χ2n) is 6.62. The minimum atomic E-state index is -0.264. The second-order valence-corrected chi connectivity index (χ2v) is 7.06. The second kappa shape index (κ2) is 7.92. The molecular formula is C20H19ClN6O2. The number of benzene rings is 2. The first kappa shape index (κ1) is 18.9. The maximum Gasteiger partial charge on any atom is 0.363 e. The quantitative estimate of drug-likeness (QED) is 0.488. The van der Waals surface area contributed by atoms with E-state index >= 15 is 0 Å². The van der Waals surface area contributed by atoms with Gasteiger partial charge in [-0.05, 0) is 58.3 Å². The molecule has 0 bridgehead atoms. The Bertz CT molecular complexity index is 1190. The third-order valence-corrected chi connectivity index (χ3v) is 4.88. The zero-order valence-electron chi connectivity index (χ0n) is 16.0. The maximum absolute atomic E-state index is 12.1. The van der Waals surface area contributed by atoms with E-state index in [1.807, 2.05) is 55.6 Å². The fraction of sp³-hybridized carbons (Fsp3) is 0.200. The van der Waals surface area contributed by atoms with Gasteiger partial charge in [-0.2, -0.15) is 9.36 Å². The molecule has 0 saturated heterocycles. The summed E-state index contributed by atoms with van der Waals surface area (Å²) < 4.78 is 10.2. The van der Waals surface area contributed by atoms with Crippen LogP contribution in [-0.4, -0.2) is 29.6 Å². The summed E-state index contributed by atoms with van der Waals surface area (Å²) >= 11 is 5.94. The summed E-state index contributed by atoms with van der Waals surface area (Å²) in [6, 6.07) is 15.1. The van der Waals surface area contributed by atoms with Crippen molar-refractivity contribution in [3.8, 4) is 11.6 Å². The van der Waals surface area contributed by atoms with Gasteiger partial charge in [-0.1, -0.05) is 29.8 Å². The van der Waals surface area contributed by atoms with Crippen molar-refractivity contribution in [1.29, 1.82) is 0 Å². The fourth-order valence-corrected chi connectivity index (χ4v) is 3.12. The van der Waals surface area contributed by atoms with Crippen molar-refractivity contribution < 1.29 is 4.74 Å². The van der Waals surface area contributed by atoms with Gasteiger partial charge in [0, 0.05) is 24.3 Å². The minimum Gasteiger partial charge on any atom is -0.472 e. The molecule has 0 saturated carbocycles. The van der Waals surface area contributed by atoms with E-state index in [1.165, 1.54) is 9.36 Å². The predicted octanol–water partition coefficient (Wildman–Crippen LogP) is 2.75. The molecule has 29 heavy (non-hydrogen) atoms. The number of ether oxygens (including phenoxy) is 1. The number of tetrazole rings is 1. The maximum atomic E-state index is 12.1. The number of hydrogen-bond acceptors (Lipinski definition) is 5. The summed E-state index contributed by atoms with van der Waals surface area (Å²) in [6.45, 7) is 2.66. The van der Waals surface area contributed by atoms with E-state index in [0.717, 1.165) is 22.4 Å². The summed E-state index contributed by atoms with van der Waals surface area (Å²) in [5.41, 5.74) is 3.63. The van der Waals surface area contributed by atoms with Gasteiger partial charge in [-0.15, -0.1) is 5.10 Å². The highest BCUT2D eigenvalue weighted by atomic mass is 35.5.